The molecule has 0 bridgehead atoms. The SMILES string of the molecule is COC[C@@]12COC[C@@H]1CN(c1nnc(C(C)C)s1)C2. The zero-order valence-corrected chi connectivity index (χ0v) is 12.6. The molecule has 3 rings (SSSR count). The summed E-state index contributed by atoms with van der Waals surface area (Å²) >= 11 is 1.72. The maximum atomic E-state index is 5.66. The number of anilines is 1. The predicted octanol–water partition coefficient (Wildman–Crippen LogP) is 1.76. The van der Waals surface area contributed by atoms with Crippen LogP contribution in [0.4, 0.5) is 5.13 Å². The molecule has 1 aromatic heterocycles. The molecule has 6 heteroatoms. The number of hydrogen-bond acceptors (Lipinski definition) is 6. The first-order valence-electron chi connectivity index (χ1n) is 6.80. The third-order valence-electron chi connectivity index (χ3n) is 4.15. The van der Waals surface area contributed by atoms with Crippen LogP contribution >= 0.6 is 11.3 Å². The van der Waals surface area contributed by atoms with Crippen LogP contribution in [-0.4, -0.2) is 50.2 Å². The third kappa shape index (κ3) is 2.26. The van der Waals surface area contributed by atoms with Gasteiger partial charge in [0.15, 0.2) is 0 Å². The molecule has 2 atom stereocenters. The molecule has 106 valence electrons. The molecule has 1 aromatic rings. The van der Waals surface area contributed by atoms with E-state index < -0.39 is 0 Å². The highest BCUT2D eigenvalue weighted by Gasteiger charge is 2.51. The minimum absolute atomic E-state index is 0.151. The van der Waals surface area contributed by atoms with Crippen molar-refractivity contribution in [1.29, 1.82) is 0 Å². The fourth-order valence-electron chi connectivity index (χ4n) is 3.06. The maximum Gasteiger partial charge on any atom is 0.208 e. The molecule has 0 aromatic carbocycles. The van der Waals surface area contributed by atoms with E-state index in [1.165, 1.54) is 0 Å². The summed E-state index contributed by atoms with van der Waals surface area (Å²) in [6.45, 7) is 8.71. The van der Waals surface area contributed by atoms with Crippen molar-refractivity contribution in [2.75, 3.05) is 44.9 Å². The number of hydrogen-bond donors (Lipinski definition) is 0. The summed E-state index contributed by atoms with van der Waals surface area (Å²) in [5.74, 6) is 1.00. The number of methoxy groups -OCH3 is 1. The second kappa shape index (κ2) is 5.00. The molecule has 5 nitrogen and oxygen atoms in total. The van der Waals surface area contributed by atoms with Crippen molar-refractivity contribution >= 4 is 16.5 Å². The Morgan fingerprint density at radius 3 is 3.05 bits per heavy atom. The summed E-state index contributed by atoms with van der Waals surface area (Å²) in [5.41, 5.74) is 0.151. The van der Waals surface area contributed by atoms with Gasteiger partial charge in [-0.3, -0.25) is 0 Å². The van der Waals surface area contributed by atoms with Gasteiger partial charge in [-0.1, -0.05) is 25.2 Å². The van der Waals surface area contributed by atoms with Gasteiger partial charge in [0.2, 0.25) is 5.13 Å². The van der Waals surface area contributed by atoms with Gasteiger partial charge in [0, 0.05) is 37.5 Å². The summed E-state index contributed by atoms with van der Waals surface area (Å²) < 4.78 is 11.1. The Kier molecular flexibility index (Phi) is 3.49. The average Bonchev–Trinajstić information content (AvgIpc) is 2.99. The lowest BCUT2D eigenvalue weighted by molar-refractivity contribution is 0.0660. The monoisotopic (exact) mass is 283 g/mol. The maximum absolute atomic E-state index is 5.66. The number of ether oxygens (including phenoxy) is 2. The number of nitrogens with zero attached hydrogens (tertiary/aromatic N) is 3. The molecule has 2 saturated heterocycles. The lowest BCUT2D eigenvalue weighted by Crippen LogP contribution is -2.35. The van der Waals surface area contributed by atoms with E-state index in [9.17, 15) is 0 Å². The van der Waals surface area contributed by atoms with Crippen LogP contribution in [0, 0.1) is 11.3 Å². The smallest absolute Gasteiger partial charge is 0.208 e. The highest BCUT2D eigenvalue weighted by molar-refractivity contribution is 7.15. The van der Waals surface area contributed by atoms with Gasteiger partial charge in [-0.05, 0) is 0 Å². The van der Waals surface area contributed by atoms with Gasteiger partial charge < -0.3 is 14.4 Å². The molecule has 0 radical (unpaired) electrons. The predicted molar refractivity (Wildman–Crippen MR) is 74.8 cm³/mol. The normalized spacial score (nSPS) is 30.3. The molecule has 0 amide bonds. The summed E-state index contributed by atoms with van der Waals surface area (Å²) in [7, 11) is 1.77. The molecule has 0 aliphatic carbocycles. The molecule has 0 unspecified atom stereocenters. The topological polar surface area (TPSA) is 47.5 Å². The molecule has 3 heterocycles. The van der Waals surface area contributed by atoms with Crippen LogP contribution in [0.1, 0.15) is 24.8 Å². The van der Waals surface area contributed by atoms with E-state index in [0.29, 0.717) is 11.8 Å². The van der Waals surface area contributed by atoms with Crippen LogP contribution in [0.25, 0.3) is 0 Å². The summed E-state index contributed by atoms with van der Waals surface area (Å²) in [6, 6.07) is 0. The highest BCUT2D eigenvalue weighted by Crippen LogP contribution is 2.43. The first-order chi connectivity index (χ1) is 9.14. The van der Waals surface area contributed by atoms with Gasteiger partial charge in [0.1, 0.15) is 5.01 Å². The second-order valence-corrected chi connectivity index (χ2v) is 6.95. The third-order valence-corrected chi connectivity index (χ3v) is 5.43. The van der Waals surface area contributed by atoms with Crippen LogP contribution in [0.2, 0.25) is 0 Å². The summed E-state index contributed by atoms with van der Waals surface area (Å²) in [5, 5.41) is 10.8. The van der Waals surface area contributed by atoms with Crippen molar-refractivity contribution in [3.63, 3.8) is 0 Å². The Morgan fingerprint density at radius 2 is 2.37 bits per heavy atom. The van der Waals surface area contributed by atoms with E-state index in [4.69, 9.17) is 9.47 Å². The van der Waals surface area contributed by atoms with Crippen molar-refractivity contribution in [2.45, 2.75) is 19.8 Å². The zero-order valence-electron chi connectivity index (χ0n) is 11.8. The standard InChI is InChI=1S/C13H21N3O2S/c1-9(2)11-14-15-12(19-11)16-4-10-5-18-8-13(10,6-16)7-17-3/h9-10H,4-8H2,1-3H3/t10-,13-/m0/s1. The average molecular weight is 283 g/mol. The molecule has 0 spiro atoms. The molecule has 19 heavy (non-hydrogen) atoms. The summed E-state index contributed by atoms with van der Waals surface area (Å²) in [6.07, 6.45) is 0. The van der Waals surface area contributed by atoms with E-state index in [2.05, 4.69) is 28.9 Å². The van der Waals surface area contributed by atoms with Gasteiger partial charge in [-0.15, -0.1) is 10.2 Å². The molecular weight excluding hydrogens is 262 g/mol. The Bertz CT molecular complexity index is 451. The van der Waals surface area contributed by atoms with E-state index >= 15 is 0 Å². The van der Waals surface area contributed by atoms with Crippen LogP contribution in [0.3, 0.4) is 0 Å². The molecule has 2 fully saturated rings. The Balaban J connectivity index is 1.77. The van der Waals surface area contributed by atoms with Crippen LogP contribution in [0.15, 0.2) is 0 Å². The lowest BCUT2D eigenvalue weighted by Gasteiger charge is -2.25. The quantitative estimate of drug-likeness (QED) is 0.842. The van der Waals surface area contributed by atoms with E-state index in [-0.39, 0.29) is 5.41 Å². The molecule has 2 aliphatic rings. The van der Waals surface area contributed by atoms with Crippen LogP contribution in [-0.2, 0) is 9.47 Å². The zero-order chi connectivity index (χ0) is 13.5. The van der Waals surface area contributed by atoms with Gasteiger partial charge in [0.05, 0.1) is 19.8 Å². The van der Waals surface area contributed by atoms with Crippen molar-refractivity contribution in [3.8, 4) is 0 Å². The van der Waals surface area contributed by atoms with Gasteiger partial charge >= 0.3 is 0 Å². The minimum Gasteiger partial charge on any atom is -0.384 e. The van der Waals surface area contributed by atoms with Crippen molar-refractivity contribution in [2.24, 2.45) is 11.3 Å². The fourth-order valence-corrected chi connectivity index (χ4v) is 3.91. The van der Waals surface area contributed by atoms with Gasteiger partial charge in [-0.25, -0.2) is 0 Å². The number of rotatable bonds is 4. The van der Waals surface area contributed by atoms with Gasteiger partial charge in [0.25, 0.3) is 0 Å². The van der Waals surface area contributed by atoms with Crippen molar-refractivity contribution in [3.05, 3.63) is 5.01 Å². The Labute approximate surface area is 117 Å². The van der Waals surface area contributed by atoms with Gasteiger partial charge in [-0.2, -0.15) is 0 Å². The first-order valence-corrected chi connectivity index (χ1v) is 7.61. The number of aromatic nitrogens is 2. The number of fused-ring (bicyclic) bond motifs is 1. The largest absolute Gasteiger partial charge is 0.384 e. The lowest BCUT2D eigenvalue weighted by atomic mass is 9.82. The van der Waals surface area contributed by atoms with E-state index in [1.54, 1.807) is 18.4 Å². The van der Waals surface area contributed by atoms with Crippen molar-refractivity contribution in [1.82, 2.24) is 10.2 Å². The van der Waals surface area contributed by atoms with E-state index in [0.717, 1.165) is 43.0 Å². The van der Waals surface area contributed by atoms with Crippen molar-refractivity contribution < 1.29 is 9.47 Å². The Morgan fingerprint density at radius 1 is 1.53 bits per heavy atom. The molecule has 0 N–H and O–H groups in total. The first kappa shape index (κ1) is 13.3. The highest BCUT2D eigenvalue weighted by atomic mass is 32.1. The second-order valence-electron chi connectivity index (χ2n) is 5.97. The summed E-state index contributed by atoms with van der Waals surface area (Å²) in [4.78, 5) is 2.36. The van der Waals surface area contributed by atoms with Crippen LogP contribution in [0.5, 0.6) is 0 Å². The molecule has 0 saturated carbocycles. The minimum atomic E-state index is 0.151. The van der Waals surface area contributed by atoms with Crippen LogP contribution < -0.4 is 4.90 Å². The molecular formula is C13H21N3O2S. The Hall–Kier alpha value is -0.720. The van der Waals surface area contributed by atoms with E-state index in [1.807, 2.05) is 0 Å². The molecule has 2 aliphatic heterocycles. The fraction of sp³-hybridized carbons (Fsp3) is 0.846.